The number of carbonyl (C=O) groups excluding carboxylic acids is 1. The number of thiophene rings is 1. The molecule has 0 spiro atoms. The Kier molecular flexibility index (Phi) is 6.39. The molecular weight excluding hydrogens is 363 g/mol. The highest BCUT2D eigenvalue weighted by Crippen LogP contribution is 2.24. The SMILES string of the molecule is C#CCCCCOc1cccc(CNC(=O)c2cc3cccnc3s2)c1F. The Balaban J connectivity index is 1.59. The Labute approximate surface area is 161 Å². The Hall–Kier alpha value is -2.91. The molecule has 0 saturated carbocycles. The van der Waals surface area contributed by atoms with Gasteiger partial charge in [0.15, 0.2) is 11.6 Å². The van der Waals surface area contributed by atoms with E-state index in [1.807, 2.05) is 12.1 Å². The molecule has 0 aliphatic carbocycles. The number of benzene rings is 1. The van der Waals surface area contributed by atoms with Gasteiger partial charge in [0.05, 0.1) is 11.5 Å². The highest BCUT2D eigenvalue weighted by molar-refractivity contribution is 7.20. The highest BCUT2D eigenvalue weighted by atomic mass is 32.1. The van der Waals surface area contributed by atoms with Gasteiger partial charge in [-0.15, -0.1) is 23.7 Å². The lowest BCUT2D eigenvalue weighted by molar-refractivity contribution is 0.0954. The number of ether oxygens (including phenoxy) is 1. The maximum absolute atomic E-state index is 14.6. The number of rotatable bonds is 8. The van der Waals surface area contributed by atoms with Crippen molar-refractivity contribution in [3.8, 4) is 18.1 Å². The molecule has 1 amide bonds. The monoisotopic (exact) mass is 382 g/mol. The van der Waals surface area contributed by atoms with Crippen LogP contribution in [0.1, 0.15) is 34.5 Å². The van der Waals surface area contributed by atoms with E-state index in [0.29, 0.717) is 23.5 Å². The number of aromatic nitrogens is 1. The minimum Gasteiger partial charge on any atom is -0.491 e. The summed E-state index contributed by atoms with van der Waals surface area (Å²) in [5.41, 5.74) is 0.378. The lowest BCUT2D eigenvalue weighted by Gasteiger charge is -2.10. The van der Waals surface area contributed by atoms with Crippen molar-refractivity contribution in [2.45, 2.75) is 25.8 Å². The molecule has 0 bridgehead atoms. The van der Waals surface area contributed by atoms with Crippen molar-refractivity contribution in [3.05, 3.63) is 58.9 Å². The molecule has 6 heteroatoms. The van der Waals surface area contributed by atoms with E-state index in [0.717, 1.165) is 23.1 Å². The molecule has 3 rings (SSSR count). The molecular formula is C21H19FN2O2S. The molecule has 0 atom stereocenters. The lowest BCUT2D eigenvalue weighted by Crippen LogP contribution is -2.22. The third-order valence-electron chi connectivity index (χ3n) is 3.97. The first kappa shape index (κ1) is 18.9. The number of terminal acetylenes is 1. The number of pyridine rings is 1. The van der Waals surface area contributed by atoms with Crippen LogP contribution in [0.25, 0.3) is 10.2 Å². The molecule has 0 radical (unpaired) electrons. The number of amides is 1. The molecule has 4 nitrogen and oxygen atoms in total. The summed E-state index contributed by atoms with van der Waals surface area (Å²) in [6.07, 6.45) is 9.19. The molecule has 27 heavy (non-hydrogen) atoms. The molecule has 2 aromatic heterocycles. The van der Waals surface area contributed by atoms with Crippen molar-refractivity contribution >= 4 is 27.5 Å². The fourth-order valence-electron chi connectivity index (χ4n) is 2.56. The van der Waals surface area contributed by atoms with Gasteiger partial charge >= 0.3 is 0 Å². The van der Waals surface area contributed by atoms with Crippen molar-refractivity contribution in [1.82, 2.24) is 10.3 Å². The average molecular weight is 382 g/mol. The first-order valence-corrected chi connectivity index (χ1v) is 9.47. The third-order valence-corrected chi connectivity index (χ3v) is 5.03. The lowest BCUT2D eigenvalue weighted by atomic mass is 10.2. The second kappa shape index (κ2) is 9.15. The van der Waals surface area contributed by atoms with Crippen molar-refractivity contribution in [2.75, 3.05) is 6.61 Å². The maximum Gasteiger partial charge on any atom is 0.261 e. The maximum atomic E-state index is 14.6. The molecule has 0 aliphatic heterocycles. The molecule has 2 heterocycles. The van der Waals surface area contributed by atoms with E-state index in [-0.39, 0.29) is 18.2 Å². The molecule has 0 saturated heterocycles. The number of nitrogens with zero attached hydrogens (tertiary/aromatic N) is 1. The summed E-state index contributed by atoms with van der Waals surface area (Å²) in [6.45, 7) is 0.490. The van der Waals surface area contributed by atoms with Gasteiger partial charge in [0, 0.05) is 30.1 Å². The fourth-order valence-corrected chi connectivity index (χ4v) is 3.48. The van der Waals surface area contributed by atoms with Crippen LogP contribution < -0.4 is 10.1 Å². The molecule has 1 N–H and O–H groups in total. The molecule has 0 aliphatic rings. The summed E-state index contributed by atoms with van der Waals surface area (Å²) in [4.78, 5) is 17.9. The quantitative estimate of drug-likeness (QED) is 0.459. The number of hydrogen-bond acceptors (Lipinski definition) is 4. The molecule has 3 aromatic rings. The van der Waals surface area contributed by atoms with Gasteiger partial charge in [-0.1, -0.05) is 18.2 Å². The fraction of sp³-hybridized carbons (Fsp3) is 0.238. The van der Waals surface area contributed by atoms with Gasteiger partial charge in [0.1, 0.15) is 4.83 Å². The predicted octanol–water partition coefficient (Wildman–Crippen LogP) is 4.55. The standard InChI is InChI=1S/C21H19FN2O2S/c1-2-3-4-5-12-26-17-10-6-8-16(19(17)22)14-24-20(25)18-13-15-9-7-11-23-21(15)27-18/h1,6-11,13H,3-5,12,14H2,(H,24,25). The van der Waals surface area contributed by atoms with Gasteiger partial charge in [-0.25, -0.2) is 9.37 Å². The number of unbranched alkanes of at least 4 members (excludes halogenated alkanes) is 2. The summed E-state index contributed by atoms with van der Waals surface area (Å²) in [7, 11) is 0. The van der Waals surface area contributed by atoms with Crippen molar-refractivity contribution in [2.24, 2.45) is 0 Å². The van der Waals surface area contributed by atoms with Crippen LogP contribution in [0.15, 0.2) is 42.6 Å². The average Bonchev–Trinajstić information content (AvgIpc) is 3.12. The van der Waals surface area contributed by atoms with Crippen LogP contribution in [0.5, 0.6) is 5.75 Å². The van der Waals surface area contributed by atoms with Gasteiger partial charge in [-0.05, 0) is 31.0 Å². The van der Waals surface area contributed by atoms with Gasteiger partial charge in [0.2, 0.25) is 0 Å². The third kappa shape index (κ3) is 4.83. The van der Waals surface area contributed by atoms with Gasteiger partial charge in [-0.3, -0.25) is 4.79 Å². The largest absolute Gasteiger partial charge is 0.491 e. The second-order valence-corrected chi connectivity index (χ2v) is 6.96. The van der Waals surface area contributed by atoms with E-state index < -0.39 is 5.82 Å². The van der Waals surface area contributed by atoms with E-state index >= 15 is 0 Å². The van der Waals surface area contributed by atoms with Crippen molar-refractivity contribution in [3.63, 3.8) is 0 Å². The van der Waals surface area contributed by atoms with E-state index in [9.17, 15) is 9.18 Å². The summed E-state index contributed by atoms with van der Waals surface area (Å²) in [5.74, 6) is 2.05. The normalized spacial score (nSPS) is 10.5. The Bertz CT molecular complexity index is 945. The van der Waals surface area contributed by atoms with E-state index in [1.54, 1.807) is 30.5 Å². The minimum absolute atomic E-state index is 0.0840. The Morgan fingerprint density at radius 3 is 3.00 bits per heavy atom. The second-order valence-electron chi connectivity index (χ2n) is 5.93. The van der Waals surface area contributed by atoms with Crippen molar-refractivity contribution < 1.29 is 13.9 Å². The zero-order valence-electron chi connectivity index (χ0n) is 14.7. The minimum atomic E-state index is -0.451. The summed E-state index contributed by atoms with van der Waals surface area (Å²) in [5, 5.41) is 3.67. The van der Waals surface area contributed by atoms with Gasteiger partial charge < -0.3 is 10.1 Å². The van der Waals surface area contributed by atoms with E-state index in [2.05, 4.69) is 16.2 Å². The zero-order chi connectivity index (χ0) is 19.1. The number of carbonyl (C=O) groups is 1. The Morgan fingerprint density at radius 1 is 1.30 bits per heavy atom. The summed E-state index contributed by atoms with van der Waals surface area (Å²) in [6, 6.07) is 10.4. The topological polar surface area (TPSA) is 51.2 Å². The molecule has 138 valence electrons. The number of halogens is 1. The Morgan fingerprint density at radius 2 is 2.19 bits per heavy atom. The predicted molar refractivity (Wildman–Crippen MR) is 105 cm³/mol. The molecule has 1 aromatic carbocycles. The van der Waals surface area contributed by atoms with Crippen LogP contribution in [0, 0.1) is 18.2 Å². The summed E-state index contributed by atoms with van der Waals surface area (Å²) >= 11 is 1.31. The zero-order valence-corrected chi connectivity index (χ0v) is 15.5. The van der Waals surface area contributed by atoms with Gasteiger partial charge in [0.25, 0.3) is 5.91 Å². The molecule has 0 fully saturated rings. The van der Waals surface area contributed by atoms with Crippen LogP contribution in [0.3, 0.4) is 0 Å². The molecule has 0 unspecified atom stereocenters. The number of hydrogen-bond donors (Lipinski definition) is 1. The van der Waals surface area contributed by atoms with Crippen LogP contribution in [-0.2, 0) is 6.54 Å². The van der Waals surface area contributed by atoms with Crippen molar-refractivity contribution in [1.29, 1.82) is 0 Å². The first-order chi connectivity index (χ1) is 13.2. The number of nitrogens with one attached hydrogen (secondary N) is 1. The number of fused-ring (bicyclic) bond motifs is 1. The van der Waals surface area contributed by atoms with Crippen LogP contribution in [0.4, 0.5) is 4.39 Å². The highest BCUT2D eigenvalue weighted by Gasteiger charge is 2.13. The van der Waals surface area contributed by atoms with Crippen LogP contribution >= 0.6 is 11.3 Å². The summed E-state index contributed by atoms with van der Waals surface area (Å²) < 4.78 is 20.0. The smallest absolute Gasteiger partial charge is 0.261 e. The van der Waals surface area contributed by atoms with Crippen LogP contribution in [-0.4, -0.2) is 17.5 Å². The van der Waals surface area contributed by atoms with Crippen LogP contribution in [0.2, 0.25) is 0 Å². The van der Waals surface area contributed by atoms with Gasteiger partial charge in [-0.2, -0.15) is 0 Å². The first-order valence-electron chi connectivity index (χ1n) is 8.65. The van der Waals surface area contributed by atoms with E-state index in [4.69, 9.17) is 11.2 Å². The van der Waals surface area contributed by atoms with E-state index in [1.165, 1.54) is 11.3 Å².